The van der Waals surface area contributed by atoms with Crippen molar-refractivity contribution in [1.29, 1.82) is 0 Å². The van der Waals surface area contributed by atoms with Crippen LogP contribution in [0, 0.1) is 0 Å². The molecule has 102 valence electrons. The Morgan fingerprint density at radius 2 is 2.15 bits per heavy atom. The number of nitrogens with zero attached hydrogens (tertiary/aromatic N) is 2. The van der Waals surface area contributed by atoms with Gasteiger partial charge in [-0.1, -0.05) is 12.1 Å². The smallest absolute Gasteiger partial charge is 0.144 e. The van der Waals surface area contributed by atoms with Gasteiger partial charge in [0.05, 0.1) is 23.9 Å². The van der Waals surface area contributed by atoms with E-state index in [9.17, 15) is 0 Å². The second kappa shape index (κ2) is 5.30. The summed E-state index contributed by atoms with van der Waals surface area (Å²) in [5.41, 5.74) is 8.37. The SMILES string of the molecule is COc1ccccc1-n1cc(N)c(-c2cc(Br)cs2)n1. The Bertz CT molecular complexity index is 750. The molecule has 0 bridgehead atoms. The largest absolute Gasteiger partial charge is 0.494 e. The van der Waals surface area contributed by atoms with E-state index in [1.807, 2.05) is 35.7 Å². The Kier molecular flexibility index (Phi) is 3.50. The molecule has 0 aliphatic carbocycles. The van der Waals surface area contributed by atoms with Crippen molar-refractivity contribution >= 4 is 33.0 Å². The van der Waals surface area contributed by atoms with Gasteiger partial charge in [-0.15, -0.1) is 11.3 Å². The van der Waals surface area contributed by atoms with Gasteiger partial charge in [0.1, 0.15) is 17.1 Å². The van der Waals surface area contributed by atoms with Gasteiger partial charge in [0, 0.05) is 9.85 Å². The molecule has 0 saturated carbocycles. The molecule has 0 radical (unpaired) electrons. The highest BCUT2D eigenvalue weighted by Crippen LogP contribution is 2.33. The molecule has 0 amide bonds. The van der Waals surface area contributed by atoms with E-state index in [1.54, 1.807) is 29.3 Å². The third kappa shape index (κ3) is 2.32. The lowest BCUT2D eigenvalue weighted by Crippen LogP contribution is -1.98. The average molecular weight is 350 g/mol. The van der Waals surface area contributed by atoms with Crippen molar-refractivity contribution in [2.45, 2.75) is 0 Å². The quantitative estimate of drug-likeness (QED) is 0.778. The maximum Gasteiger partial charge on any atom is 0.144 e. The van der Waals surface area contributed by atoms with Gasteiger partial charge in [0.25, 0.3) is 0 Å². The topological polar surface area (TPSA) is 53.1 Å². The number of ether oxygens (including phenoxy) is 1. The molecule has 6 heteroatoms. The number of nitrogens with two attached hydrogens (primary N) is 1. The van der Waals surface area contributed by atoms with Crippen LogP contribution in [0.2, 0.25) is 0 Å². The molecule has 0 saturated heterocycles. The highest BCUT2D eigenvalue weighted by atomic mass is 79.9. The van der Waals surface area contributed by atoms with Gasteiger partial charge in [-0.25, -0.2) is 4.68 Å². The van der Waals surface area contributed by atoms with Gasteiger partial charge < -0.3 is 10.5 Å². The summed E-state index contributed by atoms with van der Waals surface area (Å²) in [6, 6.07) is 9.72. The first kappa shape index (κ1) is 13.2. The number of halogens is 1. The van der Waals surface area contributed by atoms with Gasteiger partial charge in [-0.05, 0) is 34.1 Å². The van der Waals surface area contributed by atoms with E-state index in [-0.39, 0.29) is 0 Å². The van der Waals surface area contributed by atoms with Crippen LogP contribution in [0.5, 0.6) is 5.75 Å². The Morgan fingerprint density at radius 3 is 2.85 bits per heavy atom. The van der Waals surface area contributed by atoms with Crippen LogP contribution in [-0.2, 0) is 0 Å². The molecule has 3 aromatic rings. The van der Waals surface area contributed by atoms with Crippen molar-refractivity contribution in [2.75, 3.05) is 12.8 Å². The number of nitrogen functional groups attached to an aromatic ring is 1. The summed E-state index contributed by atoms with van der Waals surface area (Å²) >= 11 is 5.04. The number of anilines is 1. The van der Waals surface area contributed by atoms with E-state index in [1.165, 1.54) is 0 Å². The summed E-state index contributed by atoms with van der Waals surface area (Å²) in [5, 5.41) is 6.58. The summed E-state index contributed by atoms with van der Waals surface area (Å²) in [6.07, 6.45) is 1.81. The molecule has 0 unspecified atom stereocenters. The van der Waals surface area contributed by atoms with Crippen LogP contribution < -0.4 is 10.5 Å². The Balaban J connectivity index is 2.09. The van der Waals surface area contributed by atoms with Crippen molar-refractivity contribution in [2.24, 2.45) is 0 Å². The first-order chi connectivity index (χ1) is 9.69. The second-order valence-corrected chi connectivity index (χ2v) is 6.01. The molecule has 2 N–H and O–H groups in total. The zero-order chi connectivity index (χ0) is 14.1. The Labute approximate surface area is 128 Å². The number of rotatable bonds is 3. The van der Waals surface area contributed by atoms with Crippen molar-refractivity contribution in [3.8, 4) is 22.0 Å². The van der Waals surface area contributed by atoms with Gasteiger partial charge >= 0.3 is 0 Å². The van der Waals surface area contributed by atoms with Gasteiger partial charge in [-0.2, -0.15) is 5.10 Å². The molecular weight excluding hydrogens is 338 g/mol. The number of para-hydroxylation sites is 2. The lowest BCUT2D eigenvalue weighted by atomic mass is 10.3. The molecule has 0 aliphatic heterocycles. The maximum absolute atomic E-state index is 6.08. The maximum atomic E-state index is 6.08. The summed E-state index contributed by atoms with van der Waals surface area (Å²) in [4.78, 5) is 1.03. The van der Waals surface area contributed by atoms with Crippen LogP contribution in [0.15, 0.2) is 46.4 Å². The van der Waals surface area contributed by atoms with E-state index in [0.717, 1.165) is 26.5 Å². The predicted octanol–water partition coefficient (Wildman–Crippen LogP) is 3.95. The average Bonchev–Trinajstić information content (AvgIpc) is 3.04. The zero-order valence-electron chi connectivity index (χ0n) is 10.7. The van der Waals surface area contributed by atoms with E-state index < -0.39 is 0 Å². The highest BCUT2D eigenvalue weighted by molar-refractivity contribution is 9.10. The summed E-state index contributed by atoms with van der Waals surface area (Å²) < 4.78 is 8.13. The van der Waals surface area contributed by atoms with E-state index in [2.05, 4.69) is 21.0 Å². The molecule has 3 rings (SSSR count). The molecule has 2 aromatic heterocycles. The van der Waals surface area contributed by atoms with Crippen LogP contribution in [0.4, 0.5) is 5.69 Å². The molecule has 20 heavy (non-hydrogen) atoms. The summed E-state index contributed by atoms with van der Waals surface area (Å²) in [5.74, 6) is 0.758. The first-order valence-corrected chi connectivity index (χ1v) is 7.59. The molecule has 2 heterocycles. The first-order valence-electron chi connectivity index (χ1n) is 5.92. The lowest BCUT2D eigenvalue weighted by molar-refractivity contribution is 0.412. The van der Waals surface area contributed by atoms with Crippen LogP contribution in [0.1, 0.15) is 0 Å². The zero-order valence-corrected chi connectivity index (χ0v) is 13.1. The number of benzene rings is 1. The fourth-order valence-corrected chi connectivity index (χ4v) is 3.39. The van der Waals surface area contributed by atoms with Crippen LogP contribution in [-0.4, -0.2) is 16.9 Å². The van der Waals surface area contributed by atoms with Gasteiger partial charge in [-0.3, -0.25) is 0 Å². The molecule has 1 aromatic carbocycles. The number of hydrogen-bond donors (Lipinski definition) is 1. The van der Waals surface area contributed by atoms with E-state index in [0.29, 0.717) is 5.69 Å². The van der Waals surface area contributed by atoms with E-state index in [4.69, 9.17) is 10.5 Å². The molecule has 0 aliphatic rings. The normalized spacial score (nSPS) is 10.7. The number of aromatic nitrogens is 2. The minimum atomic E-state index is 0.644. The summed E-state index contributed by atoms with van der Waals surface area (Å²) in [6.45, 7) is 0. The van der Waals surface area contributed by atoms with Crippen molar-refractivity contribution in [1.82, 2.24) is 9.78 Å². The summed E-state index contributed by atoms with van der Waals surface area (Å²) in [7, 11) is 1.64. The fourth-order valence-electron chi connectivity index (χ4n) is 1.96. The predicted molar refractivity (Wildman–Crippen MR) is 85.5 cm³/mol. The molecule has 0 spiro atoms. The van der Waals surface area contributed by atoms with Gasteiger partial charge in [0.15, 0.2) is 0 Å². The van der Waals surface area contributed by atoms with Crippen molar-refractivity contribution < 1.29 is 4.74 Å². The fraction of sp³-hybridized carbons (Fsp3) is 0.0714. The number of hydrogen-bond acceptors (Lipinski definition) is 4. The van der Waals surface area contributed by atoms with Crippen molar-refractivity contribution in [3.63, 3.8) is 0 Å². The highest BCUT2D eigenvalue weighted by Gasteiger charge is 2.13. The Morgan fingerprint density at radius 1 is 1.35 bits per heavy atom. The van der Waals surface area contributed by atoms with Crippen LogP contribution >= 0.6 is 27.3 Å². The molecule has 0 fully saturated rings. The number of methoxy groups -OCH3 is 1. The van der Waals surface area contributed by atoms with Crippen LogP contribution in [0.3, 0.4) is 0 Å². The monoisotopic (exact) mass is 349 g/mol. The van der Waals surface area contributed by atoms with Crippen molar-refractivity contribution in [3.05, 3.63) is 46.4 Å². The minimum Gasteiger partial charge on any atom is -0.494 e. The Hall–Kier alpha value is -1.79. The third-order valence-corrected chi connectivity index (χ3v) is 4.57. The standard InChI is InChI=1S/C14H12BrN3OS/c1-19-12-5-3-2-4-11(12)18-7-10(16)14(17-18)13-6-9(15)8-20-13/h2-8H,16H2,1H3. The van der Waals surface area contributed by atoms with Gasteiger partial charge in [0.2, 0.25) is 0 Å². The lowest BCUT2D eigenvalue weighted by Gasteiger charge is -2.07. The third-order valence-electron chi connectivity index (χ3n) is 2.88. The minimum absolute atomic E-state index is 0.644. The molecule has 0 atom stereocenters. The van der Waals surface area contributed by atoms with E-state index >= 15 is 0 Å². The molecular formula is C14H12BrN3OS. The number of thiophene rings is 1. The van der Waals surface area contributed by atoms with Crippen LogP contribution in [0.25, 0.3) is 16.3 Å². The molecule has 4 nitrogen and oxygen atoms in total. The second-order valence-electron chi connectivity index (χ2n) is 4.18.